The van der Waals surface area contributed by atoms with Crippen LogP contribution in [0.25, 0.3) is 6.08 Å². The number of rotatable bonds is 7. The first-order valence-electron chi connectivity index (χ1n) is 5.25. The predicted molar refractivity (Wildman–Crippen MR) is 73.8 cm³/mol. The van der Waals surface area contributed by atoms with Gasteiger partial charge in [-0.05, 0) is 23.1 Å². The summed E-state index contributed by atoms with van der Waals surface area (Å²) in [5, 5.41) is 10.4. The highest BCUT2D eigenvalue weighted by Gasteiger charge is 2.02. The molecule has 1 rings (SSSR count). The van der Waals surface area contributed by atoms with Crippen LogP contribution in [-0.2, 0) is 20.1 Å². The molecule has 1 aromatic heterocycles. The minimum absolute atomic E-state index is 0.196. The van der Waals surface area contributed by atoms with Crippen LogP contribution < -0.4 is 0 Å². The maximum Gasteiger partial charge on any atom is 0.328 e. The minimum Gasteiger partial charge on any atom is -0.478 e. The van der Waals surface area contributed by atoms with Crippen molar-refractivity contribution in [1.82, 2.24) is 0 Å². The topological polar surface area (TPSA) is 63.6 Å². The average Bonchev–Trinajstić information content (AvgIpc) is 2.79. The third-order valence-corrected chi connectivity index (χ3v) is 4.16. The number of carboxylic acids is 1. The van der Waals surface area contributed by atoms with Gasteiger partial charge in [0.25, 0.3) is 0 Å². The largest absolute Gasteiger partial charge is 0.478 e. The molecule has 1 N–H and O–H groups in total. The summed E-state index contributed by atoms with van der Waals surface area (Å²) in [7, 11) is 1.38. The highest BCUT2D eigenvalue weighted by Crippen LogP contribution is 2.21. The molecule has 0 aliphatic heterocycles. The molecular formula is C12H14O4S2. The van der Waals surface area contributed by atoms with Crippen LogP contribution in [0.15, 0.2) is 17.5 Å². The summed E-state index contributed by atoms with van der Waals surface area (Å²) >= 11 is 3.24. The van der Waals surface area contributed by atoms with Crippen molar-refractivity contribution in [2.45, 2.75) is 12.2 Å². The van der Waals surface area contributed by atoms with Gasteiger partial charge in [0.05, 0.1) is 13.5 Å². The Hall–Kier alpha value is -1.27. The van der Waals surface area contributed by atoms with Gasteiger partial charge in [-0.2, -0.15) is 11.8 Å². The van der Waals surface area contributed by atoms with Gasteiger partial charge in [0.15, 0.2) is 0 Å². The molecule has 1 heterocycles. The van der Waals surface area contributed by atoms with Gasteiger partial charge in [0, 0.05) is 22.5 Å². The molecular weight excluding hydrogens is 272 g/mol. The molecule has 1 aromatic rings. The van der Waals surface area contributed by atoms with E-state index in [0.717, 1.165) is 28.0 Å². The molecule has 0 aromatic carbocycles. The van der Waals surface area contributed by atoms with Gasteiger partial charge in [-0.15, -0.1) is 11.3 Å². The van der Waals surface area contributed by atoms with Crippen LogP contribution in [-0.4, -0.2) is 29.9 Å². The second-order valence-corrected chi connectivity index (χ2v) is 5.50. The summed E-state index contributed by atoms with van der Waals surface area (Å²) in [6, 6.07) is 1.95. The zero-order chi connectivity index (χ0) is 13.4. The van der Waals surface area contributed by atoms with Crippen LogP contribution in [0.5, 0.6) is 0 Å². The molecule has 0 aliphatic rings. The van der Waals surface area contributed by atoms with Gasteiger partial charge < -0.3 is 9.84 Å². The number of carbonyl (C=O) groups is 2. The van der Waals surface area contributed by atoms with Gasteiger partial charge in [0.2, 0.25) is 0 Å². The summed E-state index contributed by atoms with van der Waals surface area (Å²) in [4.78, 5) is 22.4. The Morgan fingerprint density at radius 2 is 2.33 bits per heavy atom. The molecule has 0 spiro atoms. The van der Waals surface area contributed by atoms with E-state index in [1.54, 1.807) is 29.2 Å². The average molecular weight is 286 g/mol. The summed E-state index contributed by atoms with van der Waals surface area (Å²) in [6.45, 7) is 0. The number of ether oxygens (including phenoxy) is 1. The van der Waals surface area contributed by atoms with Crippen molar-refractivity contribution in [3.05, 3.63) is 28.0 Å². The van der Waals surface area contributed by atoms with E-state index in [4.69, 9.17) is 5.11 Å². The lowest BCUT2D eigenvalue weighted by Crippen LogP contribution is -2.00. The number of hydrogen-bond acceptors (Lipinski definition) is 5. The van der Waals surface area contributed by atoms with Crippen LogP contribution in [0.3, 0.4) is 0 Å². The number of esters is 1. The third kappa shape index (κ3) is 5.88. The lowest BCUT2D eigenvalue weighted by Gasteiger charge is -1.98. The standard InChI is InChI=1S/C12H14O4S2/c1-16-12(15)4-5-17-8-10-6-9(7-18-10)2-3-11(13)14/h2-3,6-7H,4-5,8H2,1H3,(H,13,14). The lowest BCUT2D eigenvalue weighted by atomic mass is 10.3. The molecule has 4 nitrogen and oxygen atoms in total. The highest BCUT2D eigenvalue weighted by molar-refractivity contribution is 7.98. The molecule has 6 heteroatoms. The molecule has 0 atom stereocenters. The molecule has 18 heavy (non-hydrogen) atoms. The SMILES string of the molecule is COC(=O)CCSCc1cc(C=CC(=O)O)cs1. The molecule has 98 valence electrons. The van der Waals surface area contributed by atoms with E-state index in [0.29, 0.717) is 6.42 Å². The number of methoxy groups -OCH3 is 1. The monoisotopic (exact) mass is 286 g/mol. The number of carbonyl (C=O) groups excluding carboxylic acids is 1. The van der Waals surface area contributed by atoms with Gasteiger partial charge in [-0.3, -0.25) is 4.79 Å². The van der Waals surface area contributed by atoms with Crippen molar-refractivity contribution in [2.24, 2.45) is 0 Å². The zero-order valence-corrected chi connectivity index (χ0v) is 11.6. The Bertz CT molecular complexity index is 437. The van der Waals surface area contributed by atoms with Crippen molar-refractivity contribution in [3.63, 3.8) is 0 Å². The van der Waals surface area contributed by atoms with Crippen LogP contribution in [0.1, 0.15) is 16.9 Å². The number of aliphatic carboxylic acids is 1. The van der Waals surface area contributed by atoms with Crippen LogP contribution in [0, 0.1) is 0 Å². The fourth-order valence-electron chi connectivity index (χ4n) is 1.16. The van der Waals surface area contributed by atoms with Crippen LogP contribution >= 0.6 is 23.1 Å². The van der Waals surface area contributed by atoms with Crippen molar-refractivity contribution in [2.75, 3.05) is 12.9 Å². The van der Waals surface area contributed by atoms with E-state index in [1.165, 1.54) is 7.11 Å². The Balaban J connectivity index is 2.31. The normalized spacial score (nSPS) is 10.7. The zero-order valence-electron chi connectivity index (χ0n) is 9.92. The van der Waals surface area contributed by atoms with E-state index in [2.05, 4.69) is 4.74 Å². The van der Waals surface area contributed by atoms with Gasteiger partial charge >= 0.3 is 11.9 Å². The van der Waals surface area contributed by atoms with Crippen LogP contribution in [0.4, 0.5) is 0 Å². The number of hydrogen-bond donors (Lipinski definition) is 1. The van der Waals surface area contributed by atoms with Crippen LogP contribution in [0.2, 0.25) is 0 Å². The highest BCUT2D eigenvalue weighted by atomic mass is 32.2. The Morgan fingerprint density at radius 1 is 1.56 bits per heavy atom. The summed E-state index contributed by atoms with van der Waals surface area (Å²) < 4.78 is 4.55. The molecule has 0 aliphatic carbocycles. The molecule has 0 saturated heterocycles. The van der Waals surface area contributed by atoms with E-state index < -0.39 is 5.97 Å². The molecule has 0 amide bonds. The van der Waals surface area contributed by atoms with Gasteiger partial charge in [-0.1, -0.05) is 0 Å². The maximum atomic E-state index is 10.9. The van der Waals surface area contributed by atoms with E-state index in [9.17, 15) is 9.59 Å². The summed E-state index contributed by atoms with van der Waals surface area (Å²) in [6.07, 6.45) is 3.11. The first kappa shape index (κ1) is 14.8. The first-order valence-corrected chi connectivity index (χ1v) is 7.28. The van der Waals surface area contributed by atoms with E-state index in [1.807, 2.05) is 11.4 Å². The van der Waals surface area contributed by atoms with E-state index >= 15 is 0 Å². The van der Waals surface area contributed by atoms with E-state index in [-0.39, 0.29) is 5.97 Å². The summed E-state index contributed by atoms with van der Waals surface area (Å²) in [5.41, 5.74) is 0.894. The molecule has 0 unspecified atom stereocenters. The Morgan fingerprint density at radius 3 is 3.00 bits per heavy atom. The quantitative estimate of drug-likeness (QED) is 0.474. The van der Waals surface area contributed by atoms with Gasteiger partial charge in [0.1, 0.15) is 0 Å². The van der Waals surface area contributed by atoms with Crippen molar-refractivity contribution in [3.8, 4) is 0 Å². The Labute approximate surface area is 114 Å². The lowest BCUT2D eigenvalue weighted by molar-refractivity contribution is -0.140. The third-order valence-electron chi connectivity index (χ3n) is 2.01. The minimum atomic E-state index is -0.949. The predicted octanol–water partition coefficient (Wildman–Crippen LogP) is 2.64. The molecule has 0 saturated carbocycles. The maximum absolute atomic E-state index is 10.9. The Kier molecular flexibility index (Phi) is 6.53. The van der Waals surface area contributed by atoms with Crippen molar-refractivity contribution >= 4 is 41.1 Å². The number of thioether (sulfide) groups is 1. The molecule has 0 fully saturated rings. The van der Waals surface area contributed by atoms with Gasteiger partial charge in [-0.25, -0.2) is 4.79 Å². The van der Waals surface area contributed by atoms with Crippen molar-refractivity contribution in [1.29, 1.82) is 0 Å². The fourth-order valence-corrected chi connectivity index (χ4v) is 3.06. The second kappa shape index (κ2) is 7.94. The molecule has 0 radical (unpaired) electrons. The molecule has 0 bridgehead atoms. The smallest absolute Gasteiger partial charge is 0.328 e. The fraction of sp³-hybridized carbons (Fsp3) is 0.333. The number of thiophene rings is 1. The number of carboxylic acid groups (broad SMARTS) is 1. The first-order chi connectivity index (χ1) is 8.61. The summed E-state index contributed by atoms with van der Waals surface area (Å²) in [5.74, 6) is 0.405. The second-order valence-electron chi connectivity index (χ2n) is 3.40. The van der Waals surface area contributed by atoms with Crippen molar-refractivity contribution < 1.29 is 19.4 Å².